The van der Waals surface area contributed by atoms with Gasteiger partial charge in [-0.3, -0.25) is 9.69 Å². The molecule has 24 heavy (non-hydrogen) atoms. The van der Waals surface area contributed by atoms with Crippen molar-refractivity contribution in [3.63, 3.8) is 0 Å². The van der Waals surface area contributed by atoms with Gasteiger partial charge < -0.3 is 9.64 Å². The monoisotopic (exact) mass is 327 g/mol. The molecule has 2 aliphatic rings. The fraction of sp³-hybridized carbons (Fsp3) is 0.579. The number of rotatable bonds is 6. The van der Waals surface area contributed by atoms with Crippen LogP contribution in [0.1, 0.15) is 25.3 Å². The number of hydrogen-bond donors (Lipinski definition) is 0. The van der Waals surface area contributed by atoms with Gasteiger partial charge in [-0.15, -0.1) is 0 Å². The van der Waals surface area contributed by atoms with Crippen molar-refractivity contribution in [1.29, 1.82) is 5.26 Å². The van der Waals surface area contributed by atoms with Gasteiger partial charge in [0, 0.05) is 38.6 Å². The maximum Gasteiger partial charge on any atom is 0.226 e. The number of ether oxygens (including phenoxy) is 1. The lowest BCUT2D eigenvalue weighted by molar-refractivity contribution is -0.134. The molecule has 0 spiro atoms. The molecule has 0 aromatic heterocycles. The van der Waals surface area contributed by atoms with E-state index in [1.807, 2.05) is 17.0 Å². The number of nitrogens with zero attached hydrogens (tertiary/aromatic N) is 3. The van der Waals surface area contributed by atoms with Gasteiger partial charge in [-0.25, -0.2) is 0 Å². The second kappa shape index (κ2) is 7.67. The Labute approximate surface area is 143 Å². The summed E-state index contributed by atoms with van der Waals surface area (Å²) in [4.78, 5) is 16.6. The molecule has 1 saturated carbocycles. The molecule has 1 saturated heterocycles. The molecule has 1 heterocycles. The number of carbonyl (C=O) groups excluding carboxylic acids is 1. The number of piperazine rings is 1. The summed E-state index contributed by atoms with van der Waals surface area (Å²) in [5.41, 5.74) is 0.623. The van der Waals surface area contributed by atoms with Crippen molar-refractivity contribution in [3.8, 4) is 11.8 Å². The van der Waals surface area contributed by atoms with Crippen LogP contribution >= 0.6 is 0 Å². The van der Waals surface area contributed by atoms with Gasteiger partial charge in [0.05, 0.1) is 18.2 Å². The zero-order chi connectivity index (χ0) is 16.9. The molecule has 1 aromatic rings. The molecule has 0 bridgehead atoms. The lowest BCUT2D eigenvalue weighted by Crippen LogP contribution is -2.49. The lowest BCUT2D eigenvalue weighted by Gasteiger charge is -2.35. The van der Waals surface area contributed by atoms with Gasteiger partial charge in [0.1, 0.15) is 5.75 Å². The van der Waals surface area contributed by atoms with Crippen molar-refractivity contribution in [2.24, 2.45) is 11.8 Å². The lowest BCUT2D eigenvalue weighted by atomic mass is 10.2. The summed E-state index contributed by atoms with van der Waals surface area (Å²) in [6.07, 6.45) is 2.02. The van der Waals surface area contributed by atoms with Gasteiger partial charge in [-0.2, -0.15) is 5.26 Å². The summed E-state index contributed by atoms with van der Waals surface area (Å²) in [7, 11) is 0. The summed E-state index contributed by atoms with van der Waals surface area (Å²) in [5.74, 6) is 2.01. The third-order valence-corrected chi connectivity index (χ3v) is 4.96. The molecule has 1 aromatic carbocycles. The zero-order valence-corrected chi connectivity index (χ0v) is 14.3. The predicted molar refractivity (Wildman–Crippen MR) is 91.6 cm³/mol. The van der Waals surface area contributed by atoms with E-state index in [2.05, 4.69) is 17.9 Å². The van der Waals surface area contributed by atoms with Crippen LogP contribution in [0, 0.1) is 23.2 Å². The van der Waals surface area contributed by atoms with E-state index in [4.69, 9.17) is 10.00 Å². The molecule has 5 heteroatoms. The molecule has 2 fully saturated rings. The van der Waals surface area contributed by atoms with E-state index in [0.717, 1.165) is 51.3 Å². The van der Waals surface area contributed by atoms with Crippen molar-refractivity contribution in [1.82, 2.24) is 9.80 Å². The summed E-state index contributed by atoms with van der Waals surface area (Å²) in [5, 5.41) is 8.88. The highest BCUT2D eigenvalue weighted by molar-refractivity contribution is 5.81. The van der Waals surface area contributed by atoms with Crippen molar-refractivity contribution in [2.45, 2.75) is 19.8 Å². The number of carbonyl (C=O) groups is 1. The average molecular weight is 327 g/mol. The quantitative estimate of drug-likeness (QED) is 0.751. The van der Waals surface area contributed by atoms with Crippen LogP contribution in [-0.2, 0) is 4.79 Å². The molecule has 0 radical (unpaired) electrons. The second-order valence-electron chi connectivity index (χ2n) is 6.83. The first-order chi connectivity index (χ1) is 11.7. The van der Waals surface area contributed by atoms with Crippen LogP contribution < -0.4 is 4.74 Å². The number of benzene rings is 1. The van der Waals surface area contributed by atoms with Crippen LogP contribution in [0.3, 0.4) is 0 Å². The smallest absolute Gasteiger partial charge is 0.226 e. The van der Waals surface area contributed by atoms with Crippen LogP contribution in [-0.4, -0.2) is 55.0 Å². The number of nitriles is 1. The van der Waals surface area contributed by atoms with E-state index in [9.17, 15) is 4.79 Å². The molecule has 1 aliphatic heterocycles. The Hall–Kier alpha value is -2.06. The van der Waals surface area contributed by atoms with E-state index >= 15 is 0 Å². The van der Waals surface area contributed by atoms with E-state index < -0.39 is 0 Å². The van der Waals surface area contributed by atoms with Gasteiger partial charge in [0.25, 0.3) is 0 Å². The molecule has 1 aliphatic carbocycles. The summed E-state index contributed by atoms with van der Waals surface area (Å²) >= 11 is 0. The Morgan fingerprint density at radius 1 is 1.33 bits per heavy atom. The van der Waals surface area contributed by atoms with Gasteiger partial charge in [0.15, 0.2) is 0 Å². The van der Waals surface area contributed by atoms with E-state index in [1.165, 1.54) is 0 Å². The highest BCUT2D eigenvalue weighted by atomic mass is 16.5. The van der Waals surface area contributed by atoms with Crippen LogP contribution in [0.5, 0.6) is 5.75 Å². The minimum Gasteiger partial charge on any atom is -0.494 e. The zero-order valence-electron chi connectivity index (χ0n) is 14.3. The maximum atomic E-state index is 12.2. The Morgan fingerprint density at radius 2 is 2.08 bits per heavy atom. The molecule has 0 unspecified atom stereocenters. The third-order valence-electron chi connectivity index (χ3n) is 4.96. The summed E-state index contributed by atoms with van der Waals surface area (Å²) < 4.78 is 5.71. The van der Waals surface area contributed by atoms with Crippen LogP contribution in [0.25, 0.3) is 0 Å². The minimum absolute atomic E-state index is 0.300. The van der Waals surface area contributed by atoms with E-state index in [-0.39, 0.29) is 0 Å². The Kier molecular flexibility index (Phi) is 5.37. The molecule has 1 amide bonds. The molecular formula is C19H25N3O2. The van der Waals surface area contributed by atoms with Crippen LogP contribution in [0.2, 0.25) is 0 Å². The number of hydrogen-bond acceptors (Lipinski definition) is 4. The topological polar surface area (TPSA) is 56.6 Å². The highest BCUT2D eigenvalue weighted by Gasteiger charge is 2.41. The van der Waals surface area contributed by atoms with Crippen molar-refractivity contribution >= 4 is 5.91 Å². The SMILES string of the molecule is C[C@H]1C[C@@H]1C(=O)N1CCN(CCCOc2cccc(C#N)c2)CC1. The van der Waals surface area contributed by atoms with Gasteiger partial charge >= 0.3 is 0 Å². The van der Waals surface area contributed by atoms with Gasteiger partial charge in [-0.05, 0) is 37.0 Å². The fourth-order valence-corrected chi connectivity index (χ4v) is 3.23. The number of amides is 1. The molecule has 3 rings (SSSR count). The molecule has 0 N–H and O–H groups in total. The largest absolute Gasteiger partial charge is 0.494 e. The molecule has 128 valence electrons. The first-order valence-corrected chi connectivity index (χ1v) is 8.81. The van der Waals surface area contributed by atoms with Crippen LogP contribution in [0.15, 0.2) is 24.3 Å². The molecule has 2 atom stereocenters. The Balaban J connectivity index is 1.32. The molecular weight excluding hydrogens is 302 g/mol. The first-order valence-electron chi connectivity index (χ1n) is 8.81. The molecule has 5 nitrogen and oxygen atoms in total. The van der Waals surface area contributed by atoms with Crippen molar-refractivity contribution < 1.29 is 9.53 Å². The van der Waals surface area contributed by atoms with Crippen LogP contribution in [0.4, 0.5) is 0 Å². The minimum atomic E-state index is 0.300. The summed E-state index contributed by atoms with van der Waals surface area (Å²) in [6.45, 7) is 7.41. The van der Waals surface area contributed by atoms with E-state index in [1.54, 1.807) is 12.1 Å². The normalized spacial score (nSPS) is 23.6. The van der Waals surface area contributed by atoms with E-state index in [0.29, 0.717) is 29.9 Å². The maximum absolute atomic E-state index is 12.2. The van der Waals surface area contributed by atoms with Gasteiger partial charge in [0.2, 0.25) is 5.91 Å². The standard InChI is InChI=1S/C19H25N3O2/c1-15-12-18(15)19(23)22-9-7-21(8-10-22)6-3-11-24-17-5-2-4-16(13-17)14-20/h2,4-5,13,15,18H,3,6-12H2,1H3/t15-,18-/m0/s1. The predicted octanol–water partition coefficient (Wildman–Crippen LogP) is 2.13. The highest BCUT2D eigenvalue weighted by Crippen LogP contribution is 2.39. The third kappa shape index (κ3) is 4.27. The average Bonchev–Trinajstić information content (AvgIpc) is 3.35. The Morgan fingerprint density at radius 3 is 2.75 bits per heavy atom. The first kappa shape index (κ1) is 16.8. The van der Waals surface area contributed by atoms with Crippen molar-refractivity contribution in [2.75, 3.05) is 39.3 Å². The van der Waals surface area contributed by atoms with Crippen molar-refractivity contribution in [3.05, 3.63) is 29.8 Å². The second-order valence-corrected chi connectivity index (χ2v) is 6.83. The fourth-order valence-electron chi connectivity index (χ4n) is 3.23. The van der Waals surface area contributed by atoms with Gasteiger partial charge in [-0.1, -0.05) is 13.0 Å². The summed E-state index contributed by atoms with van der Waals surface area (Å²) in [6, 6.07) is 9.38. The Bertz CT molecular complexity index is 617.